The van der Waals surface area contributed by atoms with Gasteiger partial charge < -0.3 is 0 Å². The van der Waals surface area contributed by atoms with Crippen molar-refractivity contribution in [3.63, 3.8) is 0 Å². The first-order chi connectivity index (χ1) is 9.04. The molecule has 0 N–H and O–H groups in total. The highest BCUT2D eigenvalue weighted by Gasteiger charge is 2.61. The Balaban J connectivity index is 1.71. The van der Waals surface area contributed by atoms with E-state index in [0.29, 0.717) is 10.2 Å². The summed E-state index contributed by atoms with van der Waals surface area (Å²) in [5.41, 5.74) is 2.49. The molecule has 0 spiro atoms. The molecule has 0 radical (unpaired) electrons. The normalized spacial score (nSPS) is 33.6. The van der Waals surface area contributed by atoms with Crippen LogP contribution in [0.15, 0.2) is 22.7 Å². The average molecular weight is 384 g/mol. The molecule has 2 aliphatic rings. The van der Waals surface area contributed by atoms with Gasteiger partial charge in [-0.1, -0.05) is 38.8 Å². The second kappa shape index (κ2) is 4.87. The van der Waals surface area contributed by atoms with Gasteiger partial charge >= 0.3 is 0 Å². The molecule has 3 atom stereocenters. The molecule has 1 aromatic rings. The van der Waals surface area contributed by atoms with E-state index in [4.69, 9.17) is 5.26 Å². The Morgan fingerprint density at radius 3 is 3.00 bits per heavy atom. The maximum Gasteiger partial charge on any atom is 0.0991 e. The second-order valence-electron chi connectivity index (χ2n) is 5.92. The highest BCUT2D eigenvalue weighted by Crippen LogP contribution is 2.61. The van der Waals surface area contributed by atoms with Crippen molar-refractivity contribution in [3.8, 4) is 6.07 Å². The van der Waals surface area contributed by atoms with Gasteiger partial charge in [0, 0.05) is 22.4 Å². The number of likely N-dealkylation sites (tertiary alicyclic amines) is 1. The van der Waals surface area contributed by atoms with Gasteiger partial charge in [0.1, 0.15) is 0 Å². The van der Waals surface area contributed by atoms with Crippen molar-refractivity contribution in [2.45, 2.75) is 24.7 Å². The molecule has 3 rings (SSSR count). The van der Waals surface area contributed by atoms with Crippen molar-refractivity contribution in [3.05, 3.63) is 33.8 Å². The zero-order valence-corrected chi connectivity index (χ0v) is 14.0. The third kappa shape index (κ3) is 2.37. The highest BCUT2D eigenvalue weighted by atomic mass is 79.9. The minimum Gasteiger partial charge on any atom is -0.299 e. The molecular formula is C15H16Br2N2. The molecule has 100 valence electrons. The summed E-state index contributed by atoms with van der Waals surface area (Å²) < 4.78 is 1.10. The fraction of sp³-hybridized carbons (Fsp3) is 0.533. The topological polar surface area (TPSA) is 27.0 Å². The molecule has 1 heterocycles. The maximum atomic E-state index is 8.99. The van der Waals surface area contributed by atoms with Gasteiger partial charge in [-0.05, 0) is 48.1 Å². The fourth-order valence-electron chi connectivity index (χ4n) is 3.14. The van der Waals surface area contributed by atoms with Gasteiger partial charge in [0.25, 0.3) is 0 Å². The number of hydrogen-bond donors (Lipinski definition) is 0. The number of halogens is 2. The molecule has 1 saturated carbocycles. The van der Waals surface area contributed by atoms with E-state index in [1.54, 1.807) is 0 Å². The number of hydrogen-bond acceptors (Lipinski definition) is 2. The summed E-state index contributed by atoms with van der Waals surface area (Å²) in [6, 6.07) is 8.05. The van der Waals surface area contributed by atoms with Gasteiger partial charge in [-0.3, -0.25) is 4.90 Å². The Hall–Kier alpha value is -0.370. The first kappa shape index (κ1) is 13.6. The molecule has 3 unspecified atom stereocenters. The highest BCUT2D eigenvalue weighted by molar-refractivity contribution is 9.10. The van der Waals surface area contributed by atoms with Crippen molar-refractivity contribution < 1.29 is 0 Å². The van der Waals surface area contributed by atoms with E-state index in [1.165, 1.54) is 12.0 Å². The minimum atomic E-state index is 0.530. The molecule has 0 aromatic heterocycles. The third-order valence-corrected chi connectivity index (χ3v) is 7.17. The number of piperidine rings is 1. The van der Waals surface area contributed by atoms with Crippen LogP contribution in [0, 0.1) is 22.7 Å². The number of benzene rings is 1. The van der Waals surface area contributed by atoms with Crippen LogP contribution in [0.25, 0.3) is 0 Å². The Labute approximate surface area is 131 Å². The second-order valence-corrected chi connectivity index (χ2v) is 7.76. The fourth-order valence-corrected chi connectivity index (χ4v) is 4.70. The monoisotopic (exact) mass is 382 g/mol. The van der Waals surface area contributed by atoms with Crippen molar-refractivity contribution in [2.24, 2.45) is 11.3 Å². The maximum absolute atomic E-state index is 8.99. The van der Waals surface area contributed by atoms with Crippen LogP contribution in [0.5, 0.6) is 0 Å². The summed E-state index contributed by atoms with van der Waals surface area (Å²) >= 11 is 7.39. The molecule has 1 aliphatic carbocycles. The van der Waals surface area contributed by atoms with Gasteiger partial charge in [0.05, 0.1) is 11.6 Å². The van der Waals surface area contributed by atoms with Crippen LogP contribution >= 0.6 is 31.9 Å². The Kier molecular flexibility index (Phi) is 3.49. The van der Waals surface area contributed by atoms with Gasteiger partial charge in [-0.2, -0.15) is 5.26 Å². The van der Waals surface area contributed by atoms with E-state index in [-0.39, 0.29) is 0 Å². The van der Waals surface area contributed by atoms with Gasteiger partial charge in [-0.15, -0.1) is 0 Å². The molecule has 1 aliphatic heterocycles. The van der Waals surface area contributed by atoms with E-state index in [2.05, 4.69) is 49.8 Å². The van der Waals surface area contributed by atoms with Gasteiger partial charge in [0.2, 0.25) is 0 Å². The van der Waals surface area contributed by atoms with Crippen LogP contribution in [-0.4, -0.2) is 22.8 Å². The lowest BCUT2D eigenvalue weighted by Crippen LogP contribution is -2.33. The summed E-state index contributed by atoms with van der Waals surface area (Å²) in [6.45, 7) is 5.64. The van der Waals surface area contributed by atoms with Crippen molar-refractivity contribution in [1.82, 2.24) is 4.90 Å². The largest absolute Gasteiger partial charge is 0.299 e. The quantitative estimate of drug-likeness (QED) is 0.723. The predicted octanol–water partition coefficient (Wildman–Crippen LogP) is 3.93. The Morgan fingerprint density at radius 1 is 1.53 bits per heavy atom. The molecule has 0 bridgehead atoms. The summed E-state index contributed by atoms with van der Waals surface area (Å²) in [6.07, 6.45) is 1.27. The zero-order chi connectivity index (χ0) is 13.6. The first-order valence-electron chi connectivity index (χ1n) is 6.59. The SMILES string of the molecule is CC12CCN(Cc3cc(C#N)ccc3Br)CC1C2Br. The van der Waals surface area contributed by atoms with Crippen LogP contribution in [0.1, 0.15) is 24.5 Å². The van der Waals surface area contributed by atoms with Gasteiger partial charge in [0.15, 0.2) is 0 Å². The number of fused-ring (bicyclic) bond motifs is 1. The molecule has 2 nitrogen and oxygen atoms in total. The van der Waals surface area contributed by atoms with E-state index >= 15 is 0 Å². The van der Waals surface area contributed by atoms with Crippen LogP contribution in [0.3, 0.4) is 0 Å². The lowest BCUT2D eigenvalue weighted by atomic mass is 9.97. The summed E-state index contributed by atoms with van der Waals surface area (Å²) in [5.74, 6) is 0.791. The summed E-state index contributed by atoms with van der Waals surface area (Å²) in [5, 5.41) is 8.99. The van der Waals surface area contributed by atoms with E-state index < -0.39 is 0 Å². The van der Waals surface area contributed by atoms with Crippen molar-refractivity contribution in [1.29, 1.82) is 5.26 Å². The Morgan fingerprint density at radius 2 is 2.32 bits per heavy atom. The van der Waals surface area contributed by atoms with E-state index in [9.17, 15) is 0 Å². The predicted molar refractivity (Wildman–Crippen MR) is 83.1 cm³/mol. The minimum absolute atomic E-state index is 0.530. The number of nitriles is 1. The number of rotatable bonds is 2. The van der Waals surface area contributed by atoms with Crippen LogP contribution in [-0.2, 0) is 6.54 Å². The molecule has 1 aromatic carbocycles. The van der Waals surface area contributed by atoms with Crippen molar-refractivity contribution in [2.75, 3.05) is 13.1 Å². The number of nitrogens with zero attached hydrogens (tertiary/aromatic N) is 2. The smallest absolute Gasteiger partial charge is 0.0991 e. The Bertz CT molecular complexity index is 552. The average Bonchev–Trinajstić information content (AvgIpc) is 2.95. The molecular weight excluding hydrogens is 368 g/mol. The third-order valence-electron chi connectivity index (χ3n) is 4.71. The molecule has 4 heteroatoms. The van der Waals surface area contributed by atoms with E-state index in [1.807, 2.05) is 18.2 Å². The molecule has 19 heavy (non-hydrogen) atoms. The van der Waals surface area contributed by atoms with Crippen molar-refractivity contribution >= 4 is 31.9 Å². The van der Waals surface area contributed by atoms with Crippen LogP contribution in [0.4, 0.5) is 0 Å². The van der Waals surface area contributed by atoms with Gasteiger partial charge in [-0.25, -0.2) is 0 Å². The summed E-state index contributed by atoms with van der Waals surface area (Å²) in [7, 11) is 0. The first-order valence-corrected chi connectivity index (χ1v) is 8.30. The molecule has 1 saturated heterocycles. The molecule has 2 fully saturated rings. The van der Waals surface area contributed by atoms with Crippen LogP contribution in [0.2, 0.25) is 0 Å². The summed E-state index contributed by atoms with van der Waals surface area (Å²) in [4.78, 5) is 3.20. The zero-order valence-electron chi connectivity index (χ0n) is 10.9. The molecule has 0 amide bonds. The lowest BCUT2D eigenvalue weighted by molar-refractivity contribution is 0.179. The number of alkyl halides is 1. The standard InChI is InChI=1S/C15H16Br2N2/c1-15-4-5-19(9-12(15)14(15)17)8-11-6-10(7-18)2-3-13(11)16/h2-3,6,12,14H,4-5,8-9H2,1H3. The van der Waals surface area contributed by atoms with E-state index in [0.717, 1.165) is 35.6 Å². The lowest BCUT2D eigenvalue weighted by Gasteiger charge is -2.29. The van der Waals surface area contributed by atoms with Crippen LogP contribution < -0.4 is 0 Å².